The van der Waals surface area contributed by atoms with Crippen molar-refractivity contribution >= 4 is 0 Å². The average Bonchev–Trinajstić information content (AvgIpc) is 2.54. The Hall–Kier alpha value is -0.290. The van der Waals surface area contributed by atoms with Crippen LogP contribution in [0.1, 0.15) is 32.6 Å². The lowest BCUT2D eigenvalue weighted by molar-refractivity contribution is -0.133. The largest absolute Gasteiger partial charge is 0.390 e. The van der Waals surface area contributed by atoms with E-state index in [-0.39, 0.29) is 12.6 Å². The van der Waals surface area contributed by atoms with Crippen LogP contribution in [0.2, 0.25) is 0 Å². The molecule has 90 valence electrons. The molecule has 15 heavy (non-hydrogen) atoms. The third-order valence-corrected chi connectivity index (χ3v) is 2.70. The highest BCUT2D eigenvalue weighted by molar-refractivity contribution is 4.78. The van der Waals surface area contributed by atoms with Gasteiger partial charge in [0.1, 0.15) is 0 Å². The van der Waals surface area contributed by atoms with Gasteiger partial charge in [0, 0.05) is 18.6 Å². The van der Waals surface area contributed by atoms with E-state index < -0.39 is 12.6 Å². The van der Waals surface area contributed by atoms with Crippen LogP contribution < -0.4 is 10.6 Å². The van der Waals surface area contributed by atoms with E-state index in [9.17, 15) is 13.2 Å². The summed E-state index contributed by atoms with van der Waals surface area (Å²) in [4.78, 5) is 0. The molecule has 0 bridgehead atoms. The molecule has 1 fully saturated rings. The molecule has 2 N–H and O–H groups in total. The lowest BCUT2D eigenvalue weighted by Gasteiger charge is -2.18. The molecule has 0 saturated carbocycles. The Morgan fingerprint density at radius 2 is 2.20 bits per heavy atom. The summed E-state index contributed by atoms with van der Waals surface area (Å²) in [6.45, 7) is 3.01. The number of hydrogen-bond donors (Lipinski definition) is 2. The first-order valence-electron chi connectivity index (χ1n) is 5.51. The van der Waals surface area contributed by atoms with Crippen LogP contribution in [-0.4, -0.2) is 31.3 Å². The Labute approximate surface area is 88.6 Å². The molecule has 0 aliphatic carbocycles. The van der Waals surface area contributed by atoms with Crippen molar-refractivity contribution in [3.8, 4) is 0 Å². The maximum atomic E-state index is 11.9. The van der Waals surface area contributed by atoms with E-state index in [2.05, 4.69) is 10.6 Å². The molecule has 1 aliphatic rings. The maximum Gasteiger partial charge on any atom is 0.390 e. The molecule has 2 nitrogen and oxygen atoms in total. The molecule has 1 rings (SSSR count). The van der Waals surface area contributed by atoms with Crippen LogP contribution in [-0.2, 0) is 0 Å². The van der Waals surface area contributed by atoms with Crippen LogP contribution in [0.3, 0.4) is 0 Å². The van der Waals surface area contributed by atoms with Gasteiger partial charge in [0.2, 0.25) is 0 Å². The summed E-state index contributed by atoms with van der Waals surface area (Å²) >= 11 is 0. The molecule has 0 aromatic heterocycles. The van der Waals surface area contributed by atoms with Crippen LogP contribution in [0.25, 0.3) is 0 Å². The summed E-state index contributed by atoms with van der Waals surface area (Å²) in [5.74, 6) is 0. The first kappa shape index (κ1) is 12.8. The SMILES string of the molecule is CC(CC1CCCN1)NCCC(F)(F)F. The molecule has 0 amide bonds. The lowest BCUT2D eigenvalue weighted by atomic mass is 10.1. The van der Waals surface area contributed by atoms with E-state index in [1.165, 1.54) is 6.42 Å². The van der Waals surface area contributed by atoms with Crippen molar-refractivity contribution in [1.82, 2.24) is 10.6 Å². The smallest absolute Gasteiger partial charge is 0.314 e. The summed E-state index contributed by atoms with van der Waals surface area (Å²) in [5.41, 5.74) is 0. The van der Waals surface area contributed by atoms with Crippen molar-refractivity contribution in [2.75, 3.05) is 13.1 Å². The molecule has 5 heteroatoms. The number of hydrogen-bond acceptors (Lipinski definition) is 2. The van der Waals surface area contributed by atoms with Crippen molar-refractivity contribution in [3.05, 3.63) is 0 Å². The first-order chi connectivity index (χ1) is 6.97. The minimum atomic E-state index is -4.04. The average molecular weight is 224 g/mol. The predicted octanol–water partition coefficient (Wildman–Crippen LogP) is 2.06. The van der Waals surface area contributed by atoms with E-state index in [0.717, 1.165) is 19.4 Å². The quantitative estimate of drug-likeness (QED) is 0.747. The van der Waals surface area contributed by atoms with Crippen LogP contribution in [0, 0.1) is 0 Å². The molecule has 2 atom stereocenters. The zero-order valence-electron chi connectivity index (χ0n) is 9.03. The molecule has 0 spiro atoms. The van der Waals surface area contributed by atoms with Crippen molar-refractivity contribution in [2.45, 2.75) is 50.9 Å². The number of rotatable bonds is 5. The van der Waals surface area contributed by atoms with Gasteiger partial charge in [0.25, 0.3) is 0 Å². The molecule has 1 saturated heterocycles. The van der Waals surface area contributed by atoms with Gasteiger partial charge in [-0.1, -0.05) is 0 Å². The molecule has 0 aromatic rings. The van der Waals surface area contributed by atoms with Gasteiger partial charge < -0.3 is 10.6 Å². The molecular formula is C10H19F3N2. The topological polar surface area (TPSA) is 24.1 Å². The Morgan fingerprint density at radius 3 is 2.73 bits per heavy atom. The molecule has 2 unspecified atom stereocenters. The van der Waals surface area contributed by atoms with Gasteiger partial charge in [-0.25, -0.2) is 0 Å². The van der Waals surface area contributed by atoms with E-state index in [1.54, 1.807) is 0 Å². The summed E-state index contributed by atoms with van der Waals surface area (Å²) in [6.07, 6.45) is -1.54. The molecule has 0 radical (unpaired) electrons. The second kappa shape index (κ2) is 5.70. The molecule has 0 aromatic carbocycles. The minimum Gasteiger partial charge on any atom is -0.314 e. The number of alkyl halides is 3. The van der Waals surface area contributed by atoms with Crippen LogP contribution in [0.5, 0.6) is 0 Å². The Bertz CT molecular complexity index is 176. The molecule has 1 heterocycles. The minimum absolute atomic E-state index is 0.0252. The highest BCUT2D eigenvalue weighted by Crippen LogP contribution is 2.18. The summed E-state index contributed by atoms with van der Waals surface area (Å²) in [7, 11) is 0. The molecular weight excluding hydrogens is 205 g/mol. The van der Waals surface area contributed by atoms with E-state index >= 15 is 0 Å². The van der Waals surface area contributed by atoms with E-state index in [0.29, 0.717) is 6.04 Å². The first-order valence-corrected chi connectivity index (χ1v) is 5.51. The summed E-state index contributed by atoms with van der Waals surface area (Å²) in [5, 5.41) is 6.24. The Kier molecular flexibility index (Phi) is 4.86. The third-order valence-electron chi connectivity index (χ3n) is 2.70. The van der Waals surface area contributed by atoms with Gasteiger partial charge >= 0.3 is 6.18 Å². The van der Waals surface area contributed by atoms with Gasteiger partial charge in [0.05, 0.1) is 6.42 Å². The van der Waals surface area contributed by atoms with Gasteiger partial charge in [-0.15, -0.1) is 0 Å². The van der Waals surface area contributed by atoms with Gasteiger partial charge in [-0.3, -0.25) is 0 Å². The highest BCUT2D eigenvalue weighted by atomic mass is 19.4. The fourth-order valence-corrected chi connectivity index (χ4v) is 1.93. The predicted molar refractivity (Wildman–Crippen MR) is 53.8 cm³/mol. The zero-order valence-corrected chi connectivity index (χ0v) is 9.03. The van der Waals surface area contributed by atoms with Crippen LogP contribution in [0.15, 0.2) is 0 Å². The van der Waals surface area contributed by atoms with Crippen molar-refractivity contribution in [3.63, 3.8) is 0 Å². The van der Waals surface area contributed by atoms with Crippen molar-refractivity contribution in [2.24, 2.45) is 0 Å². The van der Waals surface area contributed by atoms with Crippen molar-refractivity contribution in [1.29, 1.82) is 0 Å². The second-order valence-electron chi connectivity index (χ2n) is 4.25. The summed E-state index contributed by atoms with van der Waals surface area (Å²) < 4.78 is 35.6. The monoisotopic (exact) mass is 224 g/mol. The normalized spacial score (nSPS) is 24.4. The van der Waals surface area contributed by atoms with Crippen molar-refractivity contribution < 1.29 is 13.2 Å². The van der Waals surface area contributed by atoms with E-state index in [1.807, 2.05) is 6.92 Å². The van der Waals surface area contributed by atoms with Crippen LogP contribution >= 0.6 is 0 Å². The van der Waals surface area contributed by atoms with E-state index in [4.69, 9.17) is 0 Å². The third kappa shape index (κ3) is 5.99. The maximum absolute atomic E-state index is 11.9. The standard InChI is InChI=1S/C10H19F3N2/c1-8(7-9-3-2-5-15-9)14-6-4-10(11,12)13/h8-9,14-15H,2-7H2,1H3. The summed E-state index contributed by atoms with van der Waals surface area (Å²) in [6, 6.07) is 0.640. The Morgan fingerprint density at radius 1 is 1.47 bits per heavy atom. The van der Waals surface area contributed by atoms with Gasteiger partial charge in [-0.2, -0.15) is 13.2 Å². The van der Waals surface area contributed by atoms with Crippen LogP contribution in [0.4, 0.5) is 13.2 Å². The van der Waals surface area contributed by atoms with Gasteiger partial charge in [0.15, 0.2) is 0 Å². The Balaban J connectivity index is 2.05. The zero-order chi connectivity index (χ0) is 11.3. The fourth-order valence-electron chi connectivity index (χ4n) is 1.93. The number of halogens is 3. The highest BCUT2D eigenvalue weighted by Gasteiger charge is 2.26. The number of nitrogens with one attached hydrogen (secondary N) is 2. The lowest BCUT2D eigenvalue weighted by Crippen LogP contribution is -2.35. The fraction of sp³-hybridized carbons (Fsp3) is 1.00. The molecule has 1 aliphatic heterocycles. The second-order valence-corrected chi connectivity index (χ2v) is 4.25. The van der Waals surface area contributed by atoms with Gasteiger partial charge in [-0.05, 0) is 32.7 Å².